The highest BCUT2D eigenvalue weighted by Gasteiger charge is 2.35. The fourth-order valence-corrected chi connectivity index (χ4v) is 5.71. The van der Waals surface area contributed by atoms with E-state index in [0.717, 1.165) is 27.8 Å². The fourth-order valence-electron chi connectivity index (χ4n) is 5.71. The van der Waals surface area contributed by atoms with Crippen LogP contribution in [0.4, 0.5) is 0 Å². The molecule has 2 aromatic carbocycles. The van der Waals surface area contributed by atoms with Crippen molar-refractivity contribution in [1.29, 1.82) is 0 Å². The molecule has 0 saturated heterocycles. The first kappa shape index (κ1) is 29.8. The maximum atomic E-state index is 12.4. The van der Waals surface area contributed by atoms with Crippen LogP contribution in [0.1, 0.15) is 52.7 Å². The van der Waals surface area contributed by atoms with Gasteiger partial charge in [-0.25, -0.2) is 9.59 Å². The molecule has 0 aromatic heterocycles. The van der Waals surface area contributed by atoms with Crippen LogP contribution in [0, 0.1) is 23.7 Å². The Balaban J connectivity index is 2.10. The van der Waals surface area contributed by atoms with Crippen molar-refractivity contribution in [2.75, 3.05) is 13.7 Å². The van der Waals surface area contributed by atoms with Crippen molar-refractivity contribution in [3.05, 3.63) is 70.8 Å². The molecule has 39 heavy (non-hydrogen) atoms. The van der Waals surface area contributed by atoms with E-state index in [1.165, 1.54) is 20.1 Å². The van der Waals surface area contributed by atoms with Crippen LogP contribution in [0.15, 0.2) is 59.7 Å². The zero-order valence-corrected chi connectivity index (χ0v) is 23.6. The minimum Gasteiger partial charge on any atom is -0.489 e. The van der Waals surface area contributed by atoms with E-state index in [4.69, 9.17) is 9.47 Å². The first-order chi connectivity index (χ1) is 18.4. The Bertz CT molecular complexity index is 1320. The van der Waals surface area contributed by atoms with Gasteiger partial charge < -0.3 is 19.7 Å². The summed E-state index contributed by atoms with van der Waals surface area (Å²) >= 11 is 0. The average Bonchev–Trinajstić information content (AvgIpc) is 3.19. The van der Waals surface area contributed by atoms with Crippen LogP contribution < -0.4 is 4.74 Å². The fraction of sp³-hybridized carbons (Fsp3) is 0.406. The number of aliphatic hydroxyl groups is 1. The number of carbonyl (C=O) groups excluding carboxylic acids is 2. The van der Waals surface area contributed by atoms with Gasteiger partial charge >= 0.3 is 11.9 Å². The van der Waals surface area contributed by atoms with Gasteiger partial charge in [-0.2, -0.15) is 0 Å². The number of Topliss-reactive ketones (excluding diaryl/α,β-unsaturated/α-hetero) is 1. The molecule has 0 saturated carbocycles. The Labute approximate surface area is 230 Å². The smallest absolute Gasteiger partial charge is 0.331 e. The second-order valence-electron chi connectivity index (χ2n) is 10.5. The highest BCUT2D eigenvalue weighted by Crippen LogP contribution is 2.48. The maximum absolute atomic E-state index is 12.4. The summed E-state index contributed by atoms with van der Waals surface area (Å²) in [5, 5.41) is 20.5. The monoisotopic (exact) mass is 534 g/mol. The Morgan fingerprint density at radius 2 is 1.54 bits per heavy atom. The van der Waals surface area contributed by atoms with Gasteiger partial charge in [0.05, 0.1) is 13.2 Å². The quantitative estimate of drug-likeness (QED) is 0.245. The first-order valence-corrected chi connectivity index (χ1v) is 13.2. The molecule has 4 atom stereocenters. The van der Waals surface area contributed by atoms with Gasteiger partial charge in [-0.1, -0.05) is 64.1 Å². The number of ketones is 1. The first-order valence-electron chi connectivity index (χ1n) is 13.2. The summed E-state index contributed by atoms with van der Waals surface area (Å²) in [5.74, 6) is -2.72. The van der Waals surface area contributed by atoms with E-state index in [0.29, 0.717) is 11.3 Å². The van der Waals surface area contributed by atoms with Crippen molar-refractivity contribution in [3.8, 4) is 16.9 Å². The number of aliphatic hydroxyl groups excluding tert-OH is 1. The summed E-state index contributed by atoms with van der Waals surface area (Å²) in [6.07, 6.45) is 0.589. The van der Waals surface area contributed by atoms with Crippen LogP contribution in [-0.2, 0) is 19.1 Å². The second kappa shape index (κ2) is 12.4. The number of fused-ring (bicyclic) bond motifs is 3. The SMILES string of the molecule is COC(=O)/C=C1\c2ccccc2-c2c(OC/C(=C(\C(=O)O)C(C)C)[C@H](C)C(C)[C@H](C(C)=O)C(C)O)cccc21. The zero-order valence-electron chi connectivity index (χ0n) is 23.6. The molecule has 0 spiro atoms. The lowest BCUT2D eigenvalue weighted by Gasteiger charge is -2.32. The van der Waals surface area contributed by atoms with E-state index < -0.39 is 24.0 Å². The number of carbonyl (C=O) groups is 3. The lowest BCUT2D eigenvalue weighted by Crippen LogP contribution is -2.35. The van der Waals surface area contributed by atoms with Gasteiger partial charge in [-0.3, -0.25) is 4.79 Å². The molecular formula is C32H38O7. The number of aliphatic carboxylic acids is 1. The molecule has 7 nitrogen and oxygen atoms in total. The topological polar surface area (TPSA) is 110 Å². The molecule has 2 N–H and O–H groups in total. The molecule has 1 aliphatic rings. The molecule has 1 aliphatic carbocycles. The number of benzene rings is 2. The zero-order chi connectivity index (χ0) is 29.0. The van der Waals surface area contributed by atoms with Crippen molar-refractivity contribution in [2.24, 2.45) is 23.7 Å². The van der Waals surface area contributed by atoms with Gasteiger partial charge in [-0.05, 0) is 65.5 Å². The minimum atomic E-state index is -1.04. The number of esters is 1. The van der Waals surface area contributed by atoms with Crippen molar-refractivity contribution >= 4 is 23.3 Å². The maximum Gasteiger partial charge on any atom is 0.331 e. The number of carboxylic acids is 1. The lowest BCUT2D eigenvalue weighted by molar-refractivity contribution is -0.135. The van der Waals surface area contributed by atoms with Crippen molar-refractivity contribution in [1.82, 2.24) is 0 Å². The molecule has 0 fully saturated rings. The van der Waals surface area contributed by atoms with Crippen LogP contribution in [0.5, 0.6) is 5.75 Å². The number of methoxy groups -OCH3 is 1. The molecule has 208 valence electrons. The second-order valence-corrected chi connectivity index (χ2v) is 10.5. The average molecular weight is 535 g/mol. The summed E-state index contributed by atoms with van der Waals surface area (Å²) in [6.45, 7) is 10.4. The van der Waals surface area contributed by atoms with Crippen molar-refractivity contribution < 1.29 is 34.1 Å². The van der Waals surface area contributed by atoms with Crippen molar-refractivity contribution in [3.63, 3.8) is 0 Å². The highest BCUT2D eigenvalue weighted by molar-refractivity contribution is 6.08. The summed E-state index contributed by atoms with van der Waals surface area (Å²) in [4.78, 5) is 36.9. The van der Waals surface area contributed by atoms with Gasteiger partial charge in [-0.15, -0.1) is 0 Å². The molecule has 2 unspecified atom stereocenters. The normalized spacial score (nSPS) is 17.0. The van der Waals surface area contributed by atoms with Gasteiger partial charge in [0.15, 0.2) is 0 Å². The van der Waals surface area contributed by atoms with E-state index in [1.807, 2.05) is 70.2 Å². The lowest BCUT2D eigenvalue weighted by atomic mass is 9.74. The van der Waals surface area contributed by atoms with Crippen LogP contribution in [0.25, 0.3) is 16.7 Å². The molecule has 0 aliphatic heterocycles. The predicted molar refractivity (Wildman–Crippen MR) is 150 cm³/mol. The van der Waals surface area contributed by atoms with E-state index >= 15 is 0 Å². The van der Waals surface area contributed by atoms with Crippen LogP contribution >= 0.6 is 0 Å². The third-order valence-corrected chi connectivity index (χ3v) is 7.70. The van der Waals surface area contributed by atoms with Crippen LogP contribution in [0.3, 0.4) is 0 Å². The van der Waals surface area contributed by atoms with Gasteiger partial charge in [0.25, 0.3) is 0 Å². The molecule has 3 rings (SSSR count). The Kier molecular flexibility index (Phi) is 9.51. The summed E-state index contributed by atoms with van der Waals surface area (Å²) in [5.41, 5.74) is 4.95. The van der Waals surface area contributed by atoms with E-state index in [-0.39, 0.29) is 35.7 Å². The van der Waals surface area contributed by atoms with E-state index in [9.17, 15) is 24.6 Å². The number of hydrogen-bond donors (Lipinski definition) is 2. The highest BCUT2D eigenvalue weighted by atomic mass is 16.5. The Morgan fingerprint density at radius 1 is 0.923 bits per heavy atom. The van der Waals surface area contributed by atoms with Gasteiger partial charge in [0.1, 0.15) is 18.1 Å². The van der Waals surface area contributed by atoms with Crippen molar-refractivity contribution in [2.45, 2.75) is 47.6 Å². The molecular weight excluding hydrogens is 496 g/mol. The summed E-state index contributed by atoms with van der Waals surface area (Å²) in [7, 11) is 1.33. The standard InChI is InChI=1S/C32H38O7/c1-17(2)29(32(36)37)26(18(3)19(4)30(20(5)33)21(6)34)16-39-27-14-10-13-24-25(15-28(35)38-7)22-11-8-9-12-23(22)31(24)27/h8-15,17-20,30,33H,16H2,1-7H3,(H,36,37)/b25-15+,29-26+/t18-,19?,20?,30+/m1/s1. The summed E-state index contributed by atoms with van der Waals surface area (Å²) in [6, 6.07) is 13.3. The Morgan fingerprint density at radius 3 is 2.08 bits per heavy atom. The minimum absolute atomic E-state index is 0.00950. The third kappa shape index (κ3) is 6.14. The molecule has 0 radical (unpaired) electrons. The number of rotatable bonds is 11. The van der Waals surface area contributed by atoms with E-state index in [1.54, 1.807) is 6.92 Å². The molecule has 0 amide bonds. The van der Waals surface area contributed by atoms with Gasteiger partial charge in [0.2, 0.25) is 0 Å². The molecule has 0 heterocycles. The predicted octanol–water partition coefficient (Wildman–Crippen LogP) is 5.55. The molecule has 7 heteroatoms. The molecule has 2 aromatic rings. The number of ether oxygens (including phenoxy) is 2. The Hall–Kier alpha value is -3.71. The van der Waals surface area contributed by atoms with E-state index in [2.05, 4.69) is 0 Å². The molecule has 0 bridgehead atoms. The largest absolute Gasteiger partial charge is 0.489 e. The number of hydrogen-bond acceptors (Lipinski definition) is 6. The van der Waals surface area contributed by atoms with Crippen LogP contribution in [-0.4, -0.2) is 47.8 Å². The van der Waals surface area contributed by atoms with Crippen LogP contribution in [0.2, 0.25) is 0 Å². The van der Waals surface area contributed by atoms with Gasteiger partial charge in [0, 0.05) is 23.1 Å². The summed E-state index contributed by atoms with van der Waals surface area (Å²) < 4.78 is 11.3. The number of carboxylic acid groups (broad SMARTS) is 1. The third-order valence-electron chi connectivity index (χ3n) is 7.70.